The SMILES string of the molecule is Cc1nnc(S[C@H](C[N+](=O)[O-])c2ccc(OCc3ccc(Cl)cc3)cc2)n1-c1ccc(Cl)cc1. The monoisotopic (exact) mass is 514 g/mol. The third kappa shape index (κ3) is 6.08. The largest absolute Gasteiger partial charge is 0.489 e. The van der Waals surface area contributed by atoms with Crippen molar-refractivity contribution < 1.29 is 9.66 Å². The topological polar surface area (TPSA) is 83.1 Å². The summed E-state index contributed by atoms with van der Waals surface area (Å²) in [6, 6.07) is 22.0. The minimum Gasteiger partial charge on any atom is -0.489 e. The molecule has 7 nitrogen and oxygen atoms in total. The zero-order chi connectivity index (χ0) is 24.1. The number of hydrogen-bond acceptors (Lipinski definition) is 6. The van der Waals surface area contributed by atoms with Gasteiger partial charge in [-0.05, 0) is 66.6 Å². The Bertz CT molecular complexity index is 1260. The Morgan fingerprint density at radius 2 is 1.59 bits per heavy atom. The molecule has 10 heteroatoms. The molecular weight excluding hydrogens is 495 g/mol. The third-order valence-electron chi connectivity index (χ3n) is 5.01. The molecule has 0 saturated carbocycles. The number of aryl methyl sites for hydroxylation is 1. The van der Waals surface area contributed by atoms with Crippen LogP contribution in [0.4, 0.5) is 0 Å². The van der Waals surface area contributed by atoms with Crippen LogP contribution in [-0.2, 0) is 6.61 Å². The van der Waals surface area contributed by atoms with E-state index in [0.29, 0.717) is 33.4 Å². The average Bonchev–Trinajstić information content (AvgIpc) is 3.19. The molecule has 4 aromatic rings. The van der Waals surface area contributed by atoms with Crippen LogP contribution >= 0.6 is 35.0 Å². The first-order valence-corrected chi connectivity index (χ1v) is 12.0. The van der Waals surface area contributed by atoms with Crippen LogP contribution in [0.25, 0.3) is 5.69 Å². The minimum absolute atomic E-state index is 0.262. The number of ether oxygens (including phenoxy) is 1. The Hall–Kier alpha value is -3.07. The second-order valence-corrected chi connectivity index (χ2v) is 9.49. The molecule has 0 fully saturated rings. The van der Waals surface area contributed by atoms with Gasteiger partial charge < -0.3 is 4.74 Å². The fraction of sp³-hybridized carbons (Fsp3) is 0.167. The van der Waals surface area contributed by atoms with E-state index < -0.39 is 5.25 Å². The molecule has 3 aromatic carbocycles. The first kappa shape index (κ1) is 24.1. The van der Waals surface area contributed by atoms with Crippen LogP contribution < -0.4 is 4.74 Å². The number of benzene rings is 3. The van der Waals surface area contributed by atoms with Crippen LogP contribution in [-0.4, -0.2) is 26.2 Å². The van der Waals surface area contributed by atoms with Crippen molar-refractivity contribution in [3.8, 4) is 11.4 Å². The van der Waals surface area contributed by atoms with Gasteiger partial charge in [0.1, 0.15) is 23.4 Å². The number of thioether (sulfide) groups is 1. The van der Waals surface area contributed by atoms with E-state index in [1.165, 1.54) is 11.8 Å². The summed E-state index contributed by atoms with van der Waals surface area (Å²) in [5, 5.41) is 21.2. The molecule has 0 aliphatic heterocycles. The molecule has 1 aromatic heterocycles. The van der Waals surface area contributed by atoms with Gasteiger partial charge in [0, 0.05) is 20.7 Å². The predicted octanol–water partition coefficient (Wildman–Crippen LogP) is 6.57. The van der Waals surface area contributed by atoms with Gasteiger partial charge in [0.25, 0.3) is 0 Å². The maximum Gasteiger partial charge on any atom is 0.220 e. The van der Waals surface area contributed by atoms with Gasteiger partial charge in [-0.2, -0.15) is 0 Å². The first-order valence-electron chi connectivity index (χ1n) is 10.3. The lowest BCUT2D eigenvalue weighted by atomic mass is 10.1. The summed E-state index contributed by atoms with van der Waals surface area (Å²) in [6.45, 7) is 1.97. The van der Waals surface area contributed by atoms with Crippen LogP contribution in [0.1, 0.15) is 22.2 Å². The van der Waals surface area contributed by atoms with Crippen LogP contribution in [0.2, 0.25) is 10.0 Å². The van der Waals surface area contributed by atoms with Crippen molar-refractivity contribution >= 4 is 35.0 Å². The Morgan fingerprint density at radius 3 is 2.21 bits per heavy atom. The Labute approximate surface area is 210 Å². The lowest BCUT2D eigenvalue weighted by Crippen LogP contribution is -2.11. The molecule has 34 heavy (non-hydrogen) atoms. The molecule has 0 saturated heterocycles. The van der Waals surface area contributed by atoms with Crippen LogP contribution in [0.15, 0.2) is 78.0 Å². The predicted molar refractivity (Wildman–Crippen MR) is 134 cm³/mol. The van der Waals surface area contributed by atoms with Crippen LogP contribution in [0.3, 0.4) is 0 Å². The van der Waals surface area contributed by atoms with Gasteiger partial charge in [-0.3, -0.25) is 14.7 Å². The number of nitrogens with zero attached hydrogens (tertiary/aromatic N) is 4. The Morgan fingerprint density at radius 1 is 0.971 bits per heavy atom. The minimum atomic E-state index is -0.463. The highest BCUT2D eigenvalue weighted by Gasteiger charge is 2.24. The van der Waals surface area contributed by atoms with E-state index in [2.05, 4.69) is 10.2 Å². The highest BCUT2D eigenvalue weighted by Crippen LogP contribution is 2.36. The van der Waals surface area contributed by atoms with E-state index in [-0.39, 0.29) is 11.5 Å². The zero-order valence-corrected chi connectivity index (χ0v) is 20.4. The highest BCUT2D eigenvalue weighted by atomic mass is 35.5. The molecule has 4 rings (SSSR count). The molecule has 0 radical (unpaired) electrons. The molecule has 0 spiro atoms. The molecule has 0 N–H and O–H groups in total. The summed E-state index contributed by atoms with van der Waals surface area (Å²) in [4.78, 5) is 11.1. The van der Waals surface area contributed by atoms with E-state index in [1.807, 2.05) is 72.2 Å². The van der Waals surface area contributed by atoms with Crippen molar-refractivity contribution in [2.75, 3.05) is 6.54 Å². The Balaban J connectivity index is 1.52. The van der Waals surface area contributed by atoms with Crippen LogP contribution in [0, 0.1) is 17.0 Å². The lowest BCUT2D eigenvalue weighted by molar-refractivity contribution is -0.479. The van der Waals surface area contributed by atoms with Crippen molar-refractivity contribution in [3.63, 3.8) is 0 Å². The lowest BCUT2D eigenvalue weighted by Gasteiger charge is -2.15. The quantitative estimate of drug-likeness (QED) is 0.142. The number of rotatable bonds is 9. The molecule has 1 heterocycles. The van der Waals surface area contributed by atoms with Crippen molar-refractivity contribution in [1.82, 2.24) is 14.8 Å². The summed E-state index contributed by atoms with van der Waals surface area (Å²) < 4.78 is 7.69. The van der Waals surface area contributed by atoms with Gasteiger partial charge in [-0.1, -0.05) is 59.2 Å². The van der Waals surface area contributed by atoms with E-state index in [9.17, 15) is 10.1 Å². The van der Waals surface area contributed by atoms with E-state index >= 15 is 0 Å². The summed E-state index contributed by atoms with van der Waals surface area (Å²) >= 11 is 13.2. The number of hydrogen-bond donors (Lipinski definition) is 0. The molecule has 174 valence electrons. The second-order valence-electron chi connectivity index (χ2n) is 7.45. The molecule has 1 atom stereocenters. The Kier molecular flexibility index (Phi) is 7.72. The number of nitro groups is 1. The molecule has 0 aliphatic rings. The molecule has 0 unspecified atom stereocenters. The van der Waals surface area contributed by atoms with Gasteiger partial charge in [-0.15, -0.1) is 10.2 Å². The number of aromatic nitrogens is 3. The summed E-state index contributed by atoms with van der Waals surface area (Å²) in [6.07, 6.45) is 0. The van der Waals surface area contributed by atoms with Crippen molar-refractivity contribution in [2.45, 2.75) is 23.9 Å². The highest BCUT2D eigenvalue weighted by molar-refractivity contribution is 7.99. The fourth-order valence-electron chi connectivity index (χ4n) is 3.31. The normalized spacial score (nSPS) is 11.9. The number of halogens is 2. The summed E-state index contributed by atoms with van der Waals surface area (Å²) in [7, 11) is 0. The van der Waals surface area contributed by atoms with Crippen molar-refractivity contribution in [3.05, 3.63) is 110 Å². The molecule has 0 amide bonds. The zero-order valence-electron chi connectivity index (χ0n) is 18.1. The molecule has 0 bridgehead atoms. The maximum atomic E-state index is 11.4. The second kappa shape index (κ2) is 10.9. The smallest absolute Gasteiger partial charge is 0.220 e. The molecular formula is C24H20Cl2N4O3S. The summed E-state index contributed by atoms with van der Waals surface area (Å²) in [5.41, 5.74) is 2.62. The van der Waals surface area contributed by atoms with Gasteiger partial charge >= 0.3 is 0 Å². The van der Waals surface area contributed by atoms with E-state index in [4.69, 9.17) is 27.9 Å². The van der Waals surface area contributed by atoms with Gasteiger partial charge in [-0.25, -0.2) is 0 Å². The fourth-order valence-corrected chi connectivity index (χ4v) is 4.73. The first-order chi connectivity index (χ1) is 16.4. The van der Waals surface area contributed by atoms with E-state index in [1.54, 1.807) is 12.1 Å². The standard InChI is InChI=1S/C24H20Cl2N4O3S/c1-16-27-28-24(30(16)21-10-8-20(26)9-11-21)34-23(14-29(31)32)18-4-12-22(13-5-18)33-15-17-2-6-19(25)7-3-17/h2-13,23H,14-15H2,1H3/t23-/m1/s1. The van der Waals surface area contributed by atoms with Gasteiger partial charge in [0.2, 0.25) is 6.54 Å². The maximum absolute atomic E-state index is 11.4. The molecule has 0 aliphatic carbocycles. The van der Waals surface area contributed by atoms with Crippen LogP contribution in [0.5, 0.6) is 5.75 Å². The van der Waals surface area contributed by atoms with Gasteiger partial charge in [0.05, 0.1) is 0 Å². The third-order valence-corrected chi connectivity index (χ3v) is 6.70. The van der Waals surface area contributed by atoms with E-state index in [0.717, 1.165) is 16.8 Å². The van der Waals surface area contributed by atoms with Gasteiger partial charge in [0.15, 0.2) is 5.16 Å². The average molecular weight is 515 g/mol. The summed E-state index contributed by atoms with van der Waals surface area (Å²) in [5.74, 6) is 1.35. The van der Waals surface area contributed by atoms with Crippen molar-refractivity contribution in [1.29, 1.82) is 0 Å². The van der Waals surface area contributed by atoms with Crippen molar-refractivity contribution in [2.24, 2.45) is 0 Å².